The van der Waals surface area contributed by atoms with E-state index in [0.717, 1.165) is 16.2 Å². The highest BCUT2D eigenvalue weighted by Gasteiger charge is 2.15. The Bertz CT molecular complexity index is 435. The van der Waals surface area contributed by atoms with Gasteiger partial charge >= 0.3 is 0 Å². The van der Waals surface area contributed by atoms with Gasteiger partial charge in [0.15, 0.2) is 0 Å². The van der Waals surface area contributed by atoms with E-state index < -0.39 is 0 Å². The minimum absolute atomic E-state index is 0.140. The van der Waals surface area contributed by atoms with Gasteiger partial charge < -0.3 is 0 Å². The molecule has 0 radical (unpaired) electrons. The van der Waals surface area contributed by atoms with Crippen LogP contribution in [0.3, 0.4) is 0 Å². The minimum atomic E-state index is 0.140. The van der Waals surface area contributed by atoms with Gasteiger partial charge in [-0.25, -0.2) is 0 Å². The number of thioether (sulfide) groups is 1. The predicted molar refractivity (Wildman–Crippen MR) is 80.0 cm³/mol. The fourth-order valence-corrected chi connectivity index (χ4v) is 2.89. The Kier molecular flexibility index (Phi) is 5.28. The molecule has 0 bridgehead atoms. The minimum Gasteiger partial charge on any atom is -0.192 e. The molecule has 0 aliphatic heterocycles. The molecule has 18 heavy (non-hydrogen) atoms. The number of nitriles is 1. The molecule has 0 unspecified atom stereocenters. The van der Waals surface area contributed by atoms with Gasteiger partial charge in [-0.2, -0.15) is 5.26 Å². The second kappa shape index (κ2) is 6.29. The first-order valence-electron chi connectivity index (χ1n) is 6.52. The van der Waals surface area contributed by atoms with Crippen LogP contribution in [0.2, 0.25) is 0 Å². The lowest BCUT2D eigenvalue weighted by Gasteiger charge is -2.20. The van der Waals surface area contributed by atoms with E-state index in [1.54, 1.807) is 0 Å². The van der Waals surface area contributed by atoms with Crippen LogP contribution in [0.4, 0.5) is 0 Å². The molecule has 1 nitrogen and oxygen atoms in total. The topological polar surface area (TPSA) is 23.8 Å². The maximum Gasteiger partial charge on any atom is 0.100 e. The predicted octanol–water partition coefficient (Wildman–Crippen LogP) is 4.99. The number of hydrogen-bond acceptors (Lipinski definition) is 2. The van der Waals surface area contributed by atoms with Crippen LogP contribution in [-0.2, 0) is 5.41 Å². The summed E-state index contributed by atoms with van der Waals surface area (Å²) in [5.41, 5.74) is 2.24. The van der Waals surface area contributed by atoms with Crippen LogP contribution in [0.1, 0.15) is 52.2 Å². The molecule has 0 fully saturated rings. The van der Waals surface area contributed by atoms with Crippen molar-refractivity contribution in [2.75, 3.05) is 5.75 Å². The van der Waals surface area contributed by atoms with Crippen molar-refractivity contribution in [3.05, 3.63) is 29.3 Å². The summed E-state index contributed by atoms with van der Waals surface area (Å²) in [5, 5.41) is 9.16. The van der Waals surface area contributed by atoms with Gasteiger partial charge in [0.05, 0.1) is 5.56 Å². The molecule has 0 aliphatic rings. The maximum atomic E-state index is 9.16. The molecule has 0 spiro atoms. The van der Waals surface area contributed by atoms with E-state index in [9.17, 15) is 0 Å². The molecule has 0 N–H and O–H groups in total. The van der Waals surface area contributed by atoms with Crippen LogP contribution in [0.25, 0.3) is 0 Å². The van der Waals surface area contributed by atoms with Crippen molar-refractivity contribution in [2.24, 2.45) is 5.92 Å². The summed E-state index contributed by atoms with van der Waals surface area (Å²) in [6.45, 7) is 11.1. The van der Waals surface area contributed by atoms with E-state index in [0.29, 0.717) is 5.92 Å². The molecule has 1 rings (SSSR count). The van der Waals surface area contributed by atoms with E-state index in [2.05, 4.69) is 52.8 Å². The molecule has 0 saturated carbocycles. The summed E-state index contributed by atoms with van der Waals surface area (Å²) in [7, 11) is 0. The molecule has 0 amide bonds. The third-order valence-corrected chi connectivity index (χ3v) is 4.01. The van der Waals surface area contributed by atoms with Gasteiger partial charge in [-0.15, -0.1) is 11.8 Å². The van der Waals surface area contributed by atoms with Crippen LogP contribution >= 0.6 is 11.8 Å². The van der Waals surface area contributed by atoms with E-state index >= 15 is 0 Å². The standard InChI is InChI=1S/C16H23NS/c1-12(2)8-9-18-15-10-14(16(3,4)5)7-6-13(15)11-17/h6-7,10,12H,8-9H2,1-5H3. The molecule has 1 aromatic carbocycles. The number of benzene rings is 1. The third kappa shape index (κ3) is 4.38. The molecule has 0 heterocycles. The molecular formula is C16H23NS. The Labute approximate surface area is 116 Å². The molecule has 0 saturated heterocycles. The van der Waals surface area contributed by atoms with Crippen LogP contribution in [0, 0.1) is 17.2 Å². The van der Waals surface area contributed by atoms with E-state index in [1.165, 1.54) is 12.0 Å². The molecule has 98 valence electrons. The van der Waals surface area contributed by atoms with Gasteiger partial charge in [-0.05, 0) is 41.2 Å². The number of hydrogen-bond donors (Lipinski definition) is 0. The van der Waals surface area contributed by atoms with Crippen molar-refractivity contribution in [1.82, 2.24) is 0 Å². The first-order valence-corrected chi connectivity index (χ1v) is 7.50. The molecule has 0 atom stereocenters. The van der Waals surface area contributed by atoms with Gasteiger partial charge in [0.25, 0.3) is 0 Å². The van der Waals surface area contributed by atoms with Crippen molar-refractivity contribution in [2.45, 2.75) is 51.3 Å². The fraction of sp³-hybridized carbons (Fsp3) is 0.562. The highest BCUT2D eigenvalue weighted by molar-refractivity contribution is 7.99. The van der Waals surface area contributed by atoms with Gasteiger partial charge in [-0.1, -0.05) is 40.7 Å². The van der Waals surface area contributed by atoms with Crippen molar-refractivity contribution in [3.8, 4) is 6.07 Å². The zero-order chi connectivity index (χ0) is 13.8. The maximum absolute atomic E-state index is 9.16. The average molecular weight is 261 g/mol. The second-order valence-electron chi connectivity index (χ2n) is 6.10. The van der Waals surface area contributed by atoms with Crippen LogP contribution in [0.15, 0.2) is 23.1 Å². The molecular weight excluding hydrogens is 238 g/mol. The Morgan fingerprint density at radius 1 is 1.28 bits per heavy atom. The van der Waals surface area contributed by atoms with Crippen molar-refractivity contribution in [1.29, 1.82) is 5.26 Å². The molecule has 0 aromatic heterocycles. The summed E-state index contributed by atoms with van der Waals surface area (Å²) < 4.78 is 0. The van der Waals surface area contributed by atoms with E-state index in [1.807, 2.05) is 17.8 Å². The first kappa shape index (κ1) is 15.1. The van der Waals surface area contributed by atoms with Crippen molar-refractivity contribution in [3.63, 3.8) is 0 Å². The lowest BCUT2D eigenvalue weighted by atomic mass is 9.87. The van der Waals surface area contributed by atoms with E-state index in [-0.39, 0.29) is 5.41 Å². The summed E-state index contributed by atoms with van der Waals surface area (Å²) in [6.07, 6.45) is 1.19. The highest BCUT2D eigenvalue weighted by Crippen LogP contribution is 2.30. The quantitative estimate of drug-likeness (QED) is 0.713. The molecule has 2 heteroatoms. The number of rotatable bonds is 4. The Morgan fingerprint density at radius 3 is 2.44 bits per heavy atom. The smallest absolute Gasteiger partial charge is 0.100 e. The summed E-state index contributed by atoms with van der Waals surface area (Å²) >= 11 is 1.81. The Balaban J connectivity index is 2.90. The summed E-state index contributed by atoms with van der Waals surface area (Å²) in [5.74, 6) is 1.80. The molecule has 0 aliphatic carbocycles. The summed E-state index contributed by atoms with van der Waals surface area (Å²) in [4.78, 5) is 1.13. The SMILES string of the molecule is CC(C)CCSc1cc(C(C)(C)C)ccc1C#N. The fourth-order valence-electron chi connectivity index (χ4n) is 1.61. The van der Waals surface area contributed by atoms with Gasteiger partial charge in [-0.3, -0.25) is 0 Å². The normalized spacial score (nSPS) is 11.6. The van der Waals surface area contributed by atoms with Crippen LogP contribution in [0.5, 0.6) is 0 Å². The van der Waals surface area contributed by atoms with Crippen molar-refractivity contribution >= 4 is 11.8 Å². The van der Waals surface area contributed by atoms with Crippen LogP contribution in [-0.4, -0.2) is 5.75 Å². The second-order valence-corrected chi connectivity index (χ2v) is 7.24. The zero-order valence-corrected chi connectivity index (χ0v) is 12.9. The lowest BCUT2D eigenvalue weighted by molar-refractivity contribution is 0.588. The van der Waals surface area contributed by atoms with Crippen LogP contribution < -0.4 is 0 Å². The van der Waals surface area contributed by atoms with Gasteiger partial charge in [0.2, 0.25) is 0 Å². The molecule has 1 aromatic rings. The van der Waals surface area contributed by atoms with E-state index in [4.69, 9.17) is 5.26 Å². The first-order chi connectivity index (χ1) is 8.34. The highest BCUT2D eigenvalue weighted by atomic mass is 32.2. The largest absolute Gasteiger partial charge is 0.192 e. The van der Waals surface area contributed by atoms with Gasteiger partial charge in [0, 0.05) is 4.90 Å². The third-order valence-electron chi connectivity index (χ3n) is 2.92. The zero-order valence-electron chi connectivity index (χ0n) is 12.1. The summed E-state index contributed by atoms with van der Waals surface area (Å²) in [6, 6.07) is 8.51. The average Bonchev–Trinajstić information content (AvgIpc) is 2.27. The Hall–Kier alpha value is -0.940. The Morgan fingerprint density at radius 2 is 1.94 bits per heavy atom. The van der Waals surface area contributed by atoms with Crippen molar-refractivity contribution < 1.29 is 0 Å². The number of nitrogens with zero attached hydrogens (tertiary/aromatic N) is 1. The lowest BCUT2D eigenvalue weighted by Crippen LogP contribution is -2.11. The van der Waals surface area contributed by atoms with Gasteiger partial charge in [0.1, 0.15) is 6.07 Å². The monoisotopic (exact) mass is 261 g/mol.